The summed E-state index contributed by atoms with van der Waals surface area (Å²) in [5, 5.41) is 11.4. The summed E-state index contributed by atoms with van der Waals surface area (Å²) in [5.41, 5.74) is 1.89. The fourth-order valence-electron chi connectivity index (χ4n) is 3.16. The first-order valence-corrected chi connectivity index (χ1v) is 8.77. The number of pyridine rings is 1. The van der Waals surface area contributed by atoms with Crippen LogP contribution in [0.3, 0.4) is 0 Å². The second-order valence-electron chi connectivity index (χ2n) is 6.32. The van der Waals surface area contributed by atoms with Gasteiger partial charge in [-0.05, 0) is 43.1 Å². The van der Waals surface area contributed by atoms with E-state index in [1.54, 1.807) is 19.4 Å². The van der Waals surface area contributed by atoms with Crippen LogP contribution in [0.15, 0.2) is 18.3 Å². The van der Waals surface area contributed by atoms with Gasteiger partial charge in [0.05, 0.1) is 19.9 Å². The lowest BCUT2D eigenvalue weighted by Gasteiger charge is -2.33. The summed E-state index contributed by atoms with van der Waals surface area (Å²) in [6.45, 7) is 4.14. The van der Waals surface area contributed by atoms with Gasteiger partial charge in [0.25, 0.3) is 5.91 Å². The molecular formula is C19H28N2O3. The van der Waals surface area contributed by atoms with Crippen LogP contribution in [0.1, 0.15) is 55.6 Å². The molecule has 1 heterocycles. The highest BCUT2D eigenvalue weighted by molar-refractivity contribution is 5.93. The Labute approximate surface area is 144 Å². The molecule has 0 radical (unpaired) electrons. The van der Waals surface area contributed by atoms with Gasteiger partial charge in [0.2, 0.25) is 0 Å². The SMILES string of the molecule is CC.COc1cnc(C(=O)NCCO)cc1/C=C/C1CC2(CC2)C1. The summed E-state index contributed by atoms with van der Waals surface area (Å²) in [5.74, 6) is 1.02. The topological polar surface area (TPSA) is 71.5 Å². The van der Waals surface area contributed by atoms with Crippen molar-refractivity contribution in [2.75, 3.05) is 20.3 Å². The molecule has 2 saturated carbocycles. The minimum Gasteiger partial charge on any atom is -0.495 e. The molecule has 0 aromatic carbocycles. The fraction of sp³-hybridized carbons (Fsp3) is 0.579. The smallest absolute Gasteiger partial charge is 0.269 e. The maximum absolute atomic E-state index is 11.9. The number of methoxy groups -OCH3 is 1. The Morgan fingerprint density at radius 1 is 1.46 bits per heavy atom. The molecule has 2 aliphatic rings. The van der Waals surface area contributed by atoms with Gasteiger partial charge in [0.15, 0.2) is 0 Å². The van der Waals surface area contributed by atoms with Crippen molar-refractivity contribution in [1.29, 1.82) is 0 Å². The monoisotopic (exact) mass is 332 g/mol. The Hall–Kier alpha value is -1.88. The largest absolute Gasteiger partial charge is 0.495 e. The molecular weight excluding hydrogens is 304 g/mol. The lowest BCUT2D eigenvalue weighted by molar-refractivity contribution is 0.0939. The van der Waals surface area contributed by atoms with Gasteiger partial charge in [-0.2, -0.15) is 0 Å². The number of nitrogens with zero attached hydrogens (tertiary/aromatic N) is 1. The molecule has 2 N–H and O–H groups in total. The molecule has 1 spiro atoms. The van der Waals surface area contributed by atoms with E-state index in [1.165, 1.54) is 25.7 Å². The lowest BCUT2D eigenvalue weighted by atomic mass is 9.72. The Bertz CT molecular complexity index is 586. The summed E-state index contributed by atoms with van der Waals surface area (Å²) in [6.07, 6.45) is 11.2. The molecule has 1 amide bonds. The molecule has 0 atom stereocenters. The van der Waals surface area contributed by atoms with E-state index in [1.807, 2.05) is 19.9 Å². The molecule has 132 valence electrons. The number of aliphatic hydroxyl groups excluding tert-OH is 1. The summed E-state index contributed by atoms with van der Waals surface area (Å²) in [6, 6.07) is 1.73. The van der Waals surface area contributed by atoms with Crippen LogP contribution >= 0.6 is 0 Å². The third kappa shape index (κ3) is 4.35. The Balaban J connectivity index is 0.00000100. The molecule has 2 aliphatic carbocycles. The van der Waals surface area contributed by atoms with Crippen LogP contribution in [0.5, 0.6) is 5.75 Å². The van der Waals surface area contributed by atoms with Gasteiger partial charge in [0.1, 0.15) is 11.4 Å². The van der Waals surface area contributed by atoms with Gasteiger partial charge < -0.3 is 15.2 Å². The van der Waals surface area contributed by atoms with E-state index in [4.69, 9.17) is 9.84 Å². The summed E-state index contributed by atoms with van der Waals surface area (Å²) < 4.78 is 5.31. The maximum Gasteiger partial charge on any atom is 0.269 e. The van der Waals surface area contributed by atoms with Crippen LogP contribution in [-0.4, -0.2) is 36.3 Å². The molecule has 0 saturated heterocycles. The average Bonchev–Trinajstić information content (AvgIpc) is 3.39. The normalized spacial score (nSPS) is 17.8. The van der Waals surface area contributed by atoms with Crippen LogP contribution in [0.4, 0.5) is 0 Å². The van der Waals surface area contributed by atoms with Crippen molar-refractivity contribution in [2.24, 2.45) is 11.3 Å². The van der Waals surface area contributed by atoms with E-state index in [0.29, 0.717) is 22.8 Å². The number of nitrogens with one attached hydrogen (secondary N) is 1. The number of rotatable bonds is 6. The van der Waals surface area contributed by atoms with Gasteiger partial charge >= 0.3 is 0 Å². The fourth-order valence-corrected chi connectivity index (χ4v) is 3.16. The van der Waals surface area contributed by atoms with E-state index in [-0.39, 0.29) is 19.1 Å². The minimum absolute atomic E-state index is 0.0852. The highest BCUT2D eigenvalue weighted by Gasteiger charge is 2.51. The number of amides is 1. The van der Waals surface area contributed by atoms with Crippen molar-refractivity contribution >= 4 is 12.0 Å². The predicted octanol–water partition coefficient (Wildman–Crippen LogP) is 3.04. The summed E-state index contributed by atoms with van der Waals surface area (Å²) in [4.78, 5) is 16.0. The summed E-state index contributed by atoms with van der Waals surface area (Å²) in [7, 11) is 1.60. The van der Waals surface area contributed by atoms with Crippen LogP contribution < -0.4 is 10.1 Å². The highest BCUT2D eigenvalue weighted by Crippen LogP contribution is 2.63. The van der Waals surface area contributed by atoms with Crippen LogP contribution in [0.2, 0.25) is 0 Å². The molecule has 0 aliphatic heterocycles. The molecule has 1 aromatic rings. The third-order valence-corrected chi connectivity index (χ3v) is 4.64. The minimum atomic E-state index is -0.285. The zero-order valence-electron chi connectivity index (χ0n) is 14.8. The van der Waals surface area contributed by atoms with Crippen molar-refractivity contribution in [3.05, 3.63) is 29.6 Å². The van der Waals surface area contributed by atoms with Crippen molar-refractivity contribution < 1.29 is 14.6 Å². The molecule has 0 unspecified atom stereocenters. The molecule has 1 aromatic heterocycles. The van der Waals surface area contributed by atoms with Gasteiger partial charge in [0, 0.05) is 12.1 Å². The van der Waals surface area contributed by atoms with E-state index < -0.39 is 0 Å². The zero-order valence-corrected chi connectivity index (χ0v) is 14.8. The molecule has 24 heavy (non-hydrogen) atoms. The van der Waals surface area contributed by atoms with Crippen LogP contribution in [0, 0.1) is 11.3 Å². The van der Waals surface area contributed by atoms with Gasteiger partial charge in [-0.3, -0.25) is 4.79 Å². The first-order valence-electron chi connectivity index (χ1n) is 8.77. The lowest BCUT2D eigenvalue weighted by Crippen LogP contribution is -2.27. The van der Waals surface area contributed by atoms with E-state index >= 15 is 0 Å². The quantitative estimate of drug-likeness (QED) is 0.840. The number of hydrogen-bond donors (Lipinski definition) is 2. The van der Waals surface area contributed by atoms with Crippen molar-refractivity contribution in [1.82, 2.24) is 10.3 Å². The number of hydrogen-bond acceptors (Lipinski definition) is 4. The first kappa shape index (κ1) is 18.5. The predicted molar refractivity (Wildman–Crippen MR) is 95.0 cm³/mol. The van der Waals surface area contributed by atoms with Crippen LogP contribution in [0.25, 0.3) is 6.08 Å². The Kier molecular flexibility index (Phi) is 6.37. The number of carbonyl (C=O) groups is 1. The number of aromatic nitrogens is 1. The average molecular weight is 332 g/mol. The number of aliphatic hydroxyl groups is 1. The molecule has 2 fully saturated rings. The Morgan fingerprint density at radius 3 is 2.75 bits per heavy atom. The second kappa shape index (κ2) is 8.29. The van der Waals surface area contributed by atoms with Gasteiger partial charge in [-0.15, -0.1) is 0 Å². The first-order chi connectivity index (χ1) is 11.7. The summed E-state index contributed by atoms with van der Waals surface area (Å²) >= 11 is 0. The zero-order chi connectivity index (χ0) is 17.6. The van der Waals surface area contributed by atoms with Crippen LogP contribution in [-0.2, 0) is 0 Å². The van der Waals surface area contributed by atoms with E-state index in [0.717, 1.165) is 5.56 Å². The van der Waals surface area contributed by atoms with E-state index in [9.17, 15) is 4.79 Å². The molecule has 5 heteroatoms. The van der Waals surface area contributed by atoms with E-state index in [2.05, 4.69) is 16.4 Å². The standard InChI is InChI=1S/C17H22N2O3.C2H6/c1-22-15-11-19-14(16(21)18-6-7-20)8-13(15)3-2-12-9-17(10-12)4-5-17;1-2/h2-3,8,11-12,20H,4-7,9-10H2,1H3,(H,18,21);1-2H3/b3-2+;. The third-order valence-electron chi connectivity index (χ3n) is 4.64. The van der Waals surface area contributed by atoms with Gasteiger partial charge in [-0.25, -0.2) is 4.98 Å². The van der Waals surface area contributed by atoms with Crippen molar-refractivity contribution in [3.8, 4) is 5.75 Å². The number of ether oxygens (including phenoxy) is 1. The molecule has 5 nitrogen and oxygen atoms in total. The number of allylic oxidation sites excluding steroid dienone is 1. The number of carbonyl (C=O) groups excluding carboxylic acids is 1. The maximum atomic E-state index is 11.9. The molecule has 0 bridgehead atoms. The second-order valence-corrected chi connectivity index (χ2v) is 6.32. The Morgan fingerprint density at radius 2 is 2.17 bits per heavy atom. The van der Waals surface area contributed by atoms with Crippen molar-refractivity contribution in [3.63, 3.8) is 0 Å². The van der Waals surface area contributed by atoms with Gasteiger partial charge in [-0.1, -0.05) is 26.0 Å². The van der Waals surface area contributed by atoms with Crippen molar-refractivity contribution in [2.45, 2.75) is 39.5 Å². The highest BCUT2D eigenvalue weighted by atomic mass is 16.5. The molecule has 3 rings (SSSR count).